The number of allylic oxidation sites excluding steroid dienone is 2. The molecule has 0 spiro atoms. The minimum absolute atomic E-state index is 0.0704. The predicted octanol–water partition coefficient (Wildman–Crippen LogP) is 4.33. The zero-order chi connectivity index (χ0) is 20.2. The molecule has 2 aliphatic carbocycles. The fraction of sp³-hybridized carbons (Fsp3) is 0.391. The number of benzene rings is 1. The summed E-state index contributed by atoms with van der Waals surface area (Å²) in [4.78, 5) is 29.5. The average molecular weight is 392 g/mol. The maximum Gasteiger partial charge on any atom is 0.168 e. The van der Waals surface area contributed by atoms with Gasteiger partial charge in [0.2, 0.25) is 0 Å². The van der Waals surface area contributed by atoms with Crippen LogP contribution in [0, 0.1) is 0 Å². The Bertz CT molecular complexity index is 986. The molecule has 0 unspecified atom stereocenters. The summed E-state index contributed by atoms with van der Waals surface area (Å²) < 4.78 is 5.37. The van der Waals surface area contributed by atoms with E-state index in [0.29, 0.717) is 73.4 Å². The van der Waals surface area contributed by atoms with E-state index in [2.05, 4.69) is 10.1 Å². The number of fused-ring (bicyclic) bond motifs is 1. The van der Waals surface area contributed by atoms with Crippen molar-refractivity contribution >= 4 is 17.3 Å². The van der Waals surface area contributed by atoms with E-state index in [0.717, 1.165) is 18.4 Å². The molecule has 29 heavy (non-hydrogen) atoms. The normalized spacial score (nSPS) is 17.6. The summed E-state index contributed by atoms with van der Waals surface area (Å²) in [6, 6.07) is 9.79. The van der Waals surface area contributed by atoms with E-state index < -0.39 is 0 Å². The van der Waals surface area contributed by atoms with Crippen LogP contribution >= 0.6 is 0 Å². The van der Waals surface area contributed by atoms with E-state index in [1.165, 1.54) is 0 Å². The molecule has 4 rings (SSSR count). The zero-order valence-electron chi connectivity index (χ0n) is 16.3. The standard InChI is InChI=1S/C23H24N2O4/c26-18-8-4-9-19(27)22(18)16(24-14-15-6-2-1-3-7-15)12-13-17-23-20(28)10-5-11-21(23)29-25-17/h1-3,6-7,26H,4-5,8-14H2. The van der Waals surface area contributed by atoms with E-state index >= 15 is 0 Å². The van der Waals surface area contributed by atoms with Crippen molar-refractivity contribution in [3.63, 3.8) is 0 Å². The number of carbonyl (C=O) groups excluding carboxylic acids is 2. The molecule has 6 heteroatoms. The Kier molecular flexibility index (Phi) is 5.69. The van der Waals surface area contributed by atoms with Crippen LogP contribution in [-0.4, -0.2) is 27.5 Å². The summed E-state index contributed by atoms with van der Waals surface area (Å²) in [6.45, 7) is 0.427. The van der Waals surface area contributed by atoms with E-state index in [4.69, 9.17) is 4.52 Å². The van der Waals surface area contributed by atoms with Gasteiger partial charge in [-0.25, -0.2) is 0 Å². The van der Waals surface area contributed by atoms with Crippen molar-refractivity contribution in [1.82, 2.24) is 5.16 Å². The number of nitrogens with zero attached hydrogens (tertiary/aromatic N) is 2. The van der Waals surface area contributed by atoms with E-state index in [1.807, 2.05) is 30.3 Å². The number of aliphatic imine (C=N–C) groups is 1. The Labute approximate surface area is 169 Å². The molecule has 2 aromatic rings. The van der Waals surface area contributed by atoms with Crippen molar-refractivity contribution < 1.29 is 19.2 Å². The molecule has 0 saturated heterocycles. The summed E-state index contributed by atoms with van der Waals surface area (Å²) in [5.41, 5.74) is 3.18. The molecule has 0 aliphatic heterocycles. The van der Waals surface area contributed by atoms with Crippen molar-refractivity contribution in [3.8, 4) is 0 Å². The molecule has 0 atom stereocenters. The van der Waals surface area contributed by atoms with Gasteiger partial charge in [-0.15, -0.1) is 0 Å². The first-order valence-electron chi connectivity index (χ1n) is 10.2. The highest BCUT2D eigenvalue weighted by atomic mass is 16.5. The van der Waals surface area contributed by atoms with Crippen LogP contribution in [0.3, 0.4) is 0 Å². The van der Waals surface area contributed by atoms with Crippen molar-refractivity contribution in [3.05, 3.63) is 64.2 Å². The number of hydrogen-bond donors (Lipinski definition) is 1. The Morgan fingerprint density at radius 3 is 2.59 bits per heavy atom. The van der Waals surface area contributed by atoms with Crippen LogP contribution in [0.2, 0.25) is 0 Å². The van der Waals surface area contributed by atoms with Crippen molar-refractivity contribution in [2.75, 3.05) is 0 Å². The molecule has 0 bridgehead atoms. The molecule has 6 nitrogen and oxygen atoms in total. The van der Waals surface area contributed by atoms with Gasteiger partial charge in [-0.05, 0) is 31.2 Å². The highest BCUT2D eigenvalue weighted by molar-refractivity contribution is 6.23. The number of hydrogen-bond acceptors (Lipinski definition) is 6. The number of ketones is 2. The molecular weight excluding hydrogens is 368 g/mol. The van der Waals surface area contributed by atoms with Gasteiger partial charge >= 0.3 is 0 Å². The van der Waals surface area contributed by atoms with E-state index in [9.17, 15) is 14.7 Å². The summed E-state index contributed by atoms with van der Waals surface area (Å²) in [7, 11) is 0. The van der Waals surface area contributed by atoms with Crippen LogP contribution < -0.4 is 0 Å². The summed E-state index contributed by atoms with van der Waals surface area (Å²) >= 11 is 0. The highest BCUT2D eigenvalue weighted by Crippen LogP contribution is 2.27. The Morgan fingerprint density at radius 1 is 1.03 bits per heavy atom. The highest BCUT2D eigenvalue weighted by Gasteiger charge is 2.28. The smallest absolute Gasteiger partial charge is 0.168 e. The summed E-state index contributed by atoms with van der Waals surface area (Å²) in [6.07, 6.45) is 4.47. The van der Waals surface area contributed by atoms with Gasteiger partial charge in [0.05, 0.1) is 23.4 Å². The Hall–Kier alpha value is -3.02. The van der Waals surface area contributed by atoms with E-state index in [1.54, 1.807) is 0 Å². The number of rotatable bonds is 6. The van der Waals surface area contributed by atoms with Gasteiger partial charge in [0.25, 0.3) is 0 Å². The number of aromatic nitrogens is 1. The molecule has 150 valence electrons. The number of aryl methyl sites for hydroxylation is 2. The lowest BCUT2D eigenvalue weighted by molar-refractivity contribution is -0.115. The molecule has 1 aromatic carbocycles. The third-order valence-corrected chi connectivity index (χ3v) is 5.49. The Morgan fingerprint density at radius 2 is 1.79 bits per heavy atom. The molecule has 0 fully saturated rings. The van der Waals surface area contributed by atoms with Gasteiger partial charge in [-0.3, -0.25) is 14.6 Å². The first-order valence-corrected chi connectivity index (χ1v) is 10.2. The number of aliphatic hydroxyl groups excluding tert-OH is 1. The third kappa shape index (κ3) is 4.21. The first kappa shape index (κ1) is 19.3. The lowest BCUT2D eigenvalue weighted by Crippen LogP contribution is -2.21. The molecule has 1 heterocycles. The minimum atomic E-state index is -0.0705. The van der Waals surface area contributed by atoms with Gasteiger partial charge < -0.3 is 9.63 Å². The van der Waals surface area contributed by atoms with Crippen LogP contribution in [0.4, 0.5) is 0 Å². The van der Waals surface area contributed by atoms with Crippen molar-refractivity contribution in [2.45, 2.75) is 57.9 Å². The van der Waals surface area contributed by atoms with Gasteiger partial charge in [0.1, 0.15) is 11.5 Å². The number of carbonyl (C=O) groups is 2. The van der Waals surface area contributed by atoms with Crippen LogP contribution in [-0.2, 0) is 24.2 Å². The maximum atomic E-state index is 12.5. The van der Waals surface area contributed by atoms with Crippen LogP contribution in [0.25, 0.3) is 0 Å². The quantitative estimate of drug-likeness (QED) is 0.739. The molecule has 0 amide bonds. The van der Waals surface area contributed by atoms with E-state index in [-0.39, 0.29) is 17.3 Å². The van der Waals surface area contributed by atoms with Gasteiger partial charge in [0, 0.05) is 31.4 Å². The first-order chi connectivity index (χ1) is 14.1. The zero-order valence-corrected chi connectivity index (χ0v) is 16.3. The monoisotopic (exact) mass is 392 g/mol. The topological polar surface area (TPSA) is 92.8 Å². The fourth-order valence-electron chi connectivity index (χ4n) is 4.00. The fourth-order valence-corrected chi connectivity index (χ4v) is 4.00. The van der Waals surface area contributed by atoms with Gasteiger partial charge in [-0.1, -0.05) is 35.5 Å². The largest absolute Gasteiger partial charge is 0.511 e. The summed E-state index contributed by atoms with van der Waals surface area (Å²) in [5.74, 6) is 0.779. The van der Waals surface area contributed by atoms with Crippen LogP contribution in [0.15, 0.2) is 51.2 Å². The number of Topliss-reactive ketones (excluding diaryl/α,β-unsaturated/α-hetero) is 2. The van der Waals surface area contributed by atoms with Crippen molar-refractivity contribution in [2.24, 2.45) is 4.99 Å². The molecule has 0 saturated carbocycles. The number of aliphatic hydroxyl groups is 1. The van der Waals surface area contributed by atoms with Gasteiger partial charge in [-0.2, -0.15) is 0 Å². The second-order valence-electron chi connectivity index (χ2n) is 7.55. The minimum Gasteiger partial charge on any atom is -0.511 e. The lowest BCUT2D eigenvalue weighted by atomic mass is 9.89. The van der Waals surface area contributed by atoms with Crippen molar-refractivity contribution in [1.29, 1.82) is 0 Å². The molecule has 1 aromatic heterocycles. The lowest BCUT2D eigenvalue weighted by Gasteiger charge is -2.17. The second kappa shape index (κ2) is 8.55. The maximum absolute atomic E-state index is 12.5. The predicted molar refractivity (Wildman–Crippen MR) is 108 cm³/mol. The van der Waals surface area contributed by atoms with Crippen LogP contribution in [0.5, 0.6) is 0 Å². The van der Waals surface area contributed by atoms with Crippen LogP contribution in [0.1, 0.15) is 65.9 Å². The summed E-state index contributed by atoms with van der Waals surface area (Å²) in [5, 5.41) is 14.5. The SMILES string of the molecule is O=C1CCCC(O)=C1C(CCc1noc2c1C(=O)CCC2)=NCc1ccccc1. The average Bonchev–Trinajstić information content (AvgIpc) is 3.14. The second-order valence-corrected chi connectivity index (χ2v) is 7.55. The van der Waals surface area contributed by atoms with Gasteiger partial charge in [0.15, 0.2) is 11.6 Å². The molecule has 2 aliphatic rings. The molecule has 1 N–H and O–H groups in total. The Balaban J connectivity index is 1.60. The molecular formula is C23H24N2O4. The third-order valence-electron chi connectivity index (χ3n) is 5.49. The molecule has 0 radical (unpaired) electrons.